The summed E-state index contributed by atoms with van der Waals surface area (Å²) in [5.41, 5.74) is 6.27. The topological polar surface area (TPSA) is 84.9 Å². The number of methoxy groups -OCH3 is 2. The fourth-order valence-corrected chi connectivity index (χ4v) is 1.29. The third-order valence-electron chi connectivity index (χ3n) is 2.13. The lowest BCUT2D eigenvalue weighted by atomic mass is 10.1. The Morgan fingerprint density at radius 3 is 2.33 bits per heavy atom. The van der Waals surface area contributed by atoms with Crippen LogP contribution in [-0.2, 0) is 0 Å². The molecular formula is C10H15NO4. The van der Waals surface area contributed by atoms with Gasteiger partial charge in [0.1, 0.15) is 5.75 Å². The molecule has 0 heterocycles. The van der Waals surface area contributed by atoms with Crippen LogP contribution in [0, 0.1) is 0 Å². The molecule has 1 atom stereocenters. The summed E-state index contributed by atoms with van der Waals surface area (Å²) in [6.45, 7) is -0.204. The predicted octanol–water partition coefficient (Wildman–Crippen LogP) is 0.401. The summed E-state index contributed by atoms with van der Waals surface area (Å²) < 4.78 is 9.98. The largest absolute Gasteiger partial charge is 0.504 e. The van der Waals surface area contributed by atoms with Crippen LogP contribution in [0.25, 0.3) is 0 Å². The van der Waals surface area contributed by atoms with Gasteiger partial charge in [-0.3, -0.25) is 0 Å². The Morgan fingerprint density at radius 1 is 1.27 bits per heavy atom. The molecule has 0 saturated carbocycles. The van der Waals surface area contributed by atoms with E-state index in [0.717, 1.165) is 0 Å². The molecule has 0 amide bonds. The highest BCUT2D eigenvalue weighted by atomic mass is 16.5. The van der Waals surface area contributed by atoms with E-state index in [0.29, 0.717) is 17.1 Å². The molecule has 1 rings (SSSR count). The Kier molecular flexibility index (Phi) is 3.76. The van der Waals surface area contributed by atoms with Gasteiger partial charge in [0.15, 0.2) is 11.5 Å². The molecule has 0 aliphatic rings. The number of hydrogen-bond acceptors (Lipinski definition) is 5. The average molecular weight is 213 g/mol. The highest BCUT2D eigenvalue weighted by Gasteiger charge is 2.15. The van der Waals surface area contributed by atoms with Gasteiger partial charge in [0, 0.05) is 11.6 Å². The van der Waals surface area contributed by atoms with E-state index in [9.17, 15) is 5.11 Å². The Bertz CT molecular complexity index is 340. The van der Waals surface area contributed by atoms with Crippen molar-refractivity contribution in [2.45, 2.75) is 6.04 Å². The summed E-state index contributed by atoms with van der Waals surface area (Å²) in [6.07, 6.45) is 0. The first-order chi connectivity index (χ1) is 7.13. The fraction of sp³-hybridized carbons (Fsp3) is 0.400. The van der Waals surface area contributed by atoms with Crippen LogP contribution in [0.1, 0.15) is 11.6 Å². The standard InChI is InChI=1S/C10H15NO4/c1-14-9-4-8(13)10(15-2)3-6(9)7(11)5-12/h3-4,7,12-13H,5,11H2,1-2H3. The Morgan fingerprint density at radius 2 is 1.87 bits per heavy atom. The van der Waals surface area contributed by atoms with E-state index in [1.54, 1.807) is 6.07 Å². The van der Waals surface area contributed by atoms with Crippen LogP contribution in [0.5, 0.6) is 17.2 Å². The SMILES string of the molecule is COc1cc(C(N)CO)c(OC)cc1O. The number of ether oxygens (including phenoxy) is 2. The predicted molar refractivity (Wildman–Crippen MR) is 55.2 cm³/mol. The molecule has 0 aliphatic heterocycles. The van der Waals surface area contributed by atoms with Crippen molar-refractivity contribution < 1.29 is 19.7 Å². The van der Waals surface area contributed by atoms with Gasteiger partial charge in [-0.25, -0.2) is 0 Å². The molecule has 1 aromatic rings. The molecule has 1 unspecified atom stereocenters. The van der Waals surface area contributed by atoms with E-state index in [1.165, 1.54) is 20.3 Å². The highest BCUT2D eigenvalue weighted by Crippen LogP contribution is 2.35. The van der Waals surface area contributed by atoms with Crippen molar-refractivity contribution >= 4 is 0 Å². The van der Waals surface area contributed by atoms with Crippen molar-refractivity contribution in [3.8, 4) is 17.2 Å². The molecule has 5 heteroatoms. The van der Waals surface area contributed by atoms with Gasteiger partial charge in [-0.05, 0) is 6.07 Å². The average Bonchev–Trinajstić information content (AvgIpc) is 2.27. The zero-order chi connectivity index (χ0) is 11.4. The molecule has 15 heavy (non-hydrogen) atoms. The molecule has 0 aliphatic carbocycles. The Labute approximate surface area is 88.0 Å². The van der Waals surface area contributed by atoms with Gasteiger partial charge in [-0.15, -0.1) is 0 Å². The Hall–Kier alpha value is -1.46. The van der Waals surface area contributed by atoms with E-state index < -0.39 is 6.04 Å². The third kappa shape index (κ3) is 2.31. The smallest absolute Gasteiger partial charge is 0.161 e. The number of hydrogen-bond donors (Lipinski definition) is 3. The van der Waals surface area contributed by atoms with Gasteiger partial charge < -0.3 is 25.4 Å². The van der Waals surface area contributed by atoms with Gasteiger partial charge in [-0.2, -0.15) is 0 Å². The first kappa shape index (κ1) is 11.6. The van der Waals surface area contributed by atoms with Crippen LogP contribution in [0.4, 0.5) is 0 Å². The van der Waals surface area contributed by atoms with Crippen LogP contribution in [0.2, 0.25) is 0 Å². The Balaban J connectivity index is 3.22. The zero-order valence-corrected chi connectivity index (χ0v) is 8.73. The van der Waals surface area contributed by atoms with Gasteiger partial charge >= 0.3 is 0 Å². The molecule has 0 radical (unpaired) electrons. The monoisotopic (exact) mass is 213 g/mol. The highest BCUT2D eigenvalue weighted by molar-refractivity contribution is 5.51. The summed E-state index contributed by atoms with van der Waals surface area (Å²) in [7, 11) is 2.91. The normalized spacial score (nSPS) is 12.3. The molecule has 0 spiro atoms. The lowest BCUT2D eigenvalue weighted by Crippen LogP contribution is -2.15. The van der Waals surface area contributed by atoms with E-state index in [1.807, 2.05) is 0 Å². The summed E-state index contributed by atoms with van der Waals surface area (Å²) >= 11 is 0. The summed E-state index contributed by atoms with van der Waals surface area (Å²) in [5.74, 6) is 0.702. The van der Waals surface area contributed by atoms with Crippen molar-refractivity contribution in [1.29, 1.82) is 0 Å². The number of aliphatic hydroxyl groups is 1. The van der Waals surface area contributed by atoms with Crippen LogP contribution in [-0.4, -0.2) is 31.0 Å². The van der Waals surface area contributed by atoms with Gasteiger partial charge in [0.25, 0.3) is 0 Å². The molecule has 0 fully saturated rings. The lowest BCUT2D eigenvalue weighted by Gasteiger charge is -2.15. The fourth-order valence-electron chi connectivity index (χ4n) is 1.29. The second kappa shape index (κ2) is 4.86. The number of benzene rings is 1. The van der Waals surface area contributed by atoms with Crippen LogP contribution < -0.4 is 15.2 Å². The minimum absolute atomic E-state index is 0.0248. The minimum atomic E-state index is -0.561. The van der Waals surface area contributed by atoms with Crippen molar-refractivity contribution in [3.63, 3.8) is 0 Å². The van der Waals surface area contributed by atoms with E-state index >= 15 is 0 Å². The zero-order valence-electron chi connectivity index (χ0n) is 8.73. The third-order valence-corrected chi connectivity index (χ3v) is 2.13. The minimum Gasteiger partial charge on any atom is -0.504 e. The van der Waals surface area contributed by atoms with E-state index in [2.05, 4.69) is 0 Å². The van der Waals surface area contributed by atoms with E-state index in [-0.39, 0.29) is 12.4 Å². The molecule has 0 saturated heterocycles. The van der Waals surface area contributed by atoms with Crippen LogP contribution >= 0.6 is 0 Å². The maximum atomic E-state index is 9.49. The second-order valence-corrected chi connectivity index (χ2v) is 3.06. The number of phenols is 1. The first-order valence-electron chi connectivity index (χ1n) is 4.45. The van der Waals surface area contributed by atoms with E-state index in [4.69, 9.17) is 20.3 Å². The maximum absolute atomic E-state index is 9.49. The summed E-state index contributed by atoms with van der Waals surface area (Å²) in [4.78, 5) is 0. The first-order valence-corrected chi connectivity index (χ1v) is 4.45. The van der Waals surface area contributed by atoms with Gasteiger partial charge in [0.2, 0.25) is 0 Å². The van der Waals surface area contributed by atoms with Crippen molar-refractivity contribution in [2.75, 3.05) is 20.8 Å². The van der Waals surface area contributed by atoms with Gasteiger partial charge in [0.05, 0.1) is 26.9 Å². The molecule has 0 bridgehead atoms. The number of phenolic OH excluding ortho intramolecular Hbond substituents is 1. The summed E-state index contributed by atoms with van der Waals surface area (Å²) in [6, 6.07) is 2.40. The second-order valence-electron chi connectivity index (χ2n) is 3.06. The van der Waals surface area contributed by atoms with Crippen molar-refractivity contribution in [3.05, 3.63) is 17.7 Å². The number of nitrogens with two attached hydrogens (primary N) is 1. The molecular weight excluding hydrogens is 198 g/mol. The molecule has 4 N–H and O–H groups in total. The number of aromatic hydroxyl groups is 1. The molecule has 84 valence electrons. The van der Waals surface area contributed by atoms with Crippen LogP contribution in [0.3, 0.4) is 0 Å². The number of rotatable bonds is 4. The lowest BCUT2D eigenvalue weighted by molar-refractivity contribution is 0.263. The van der Waals surface area contributed by atoms with Gasteiger partial charge in [-0.1, -0.05) is 0 Å². The molecule has 5 nitrogen and oxygen atoms in total. The van der Waals surface area contributed by atoms with Crippen molar-refractivity contribution in [1.82, 2.24) is 0 Å². The molecule has 0 aromatic heterocycles. The maximum Gasteiger partial charge on any atom is 0.161 e. The summed E-state index contributed by atoms with van der Waals surface area (Å²) in [5, 5.41) is 18.5. The quantitative estimate of drug-likeness (QED) is 0.674. The van der Waals surface area contributed by atoms with Crippen molar-refractivity contribution in [2.24, 2.45) is 5.73 Å². The van der Waals surface area contributed by atoms with Crippen LogP contribution in [0.15, 0.2) is 12.1 Å². The molecule has 1 aromatic carbocycles. The number of aliphatic hydroxyl groups excluding tert-OH is 1.